The average molecular weight is 546 g/mol. The van der Waals surface area contributed by atoms with Crippen LogP contribution in [0.2, 0.25) is 0 Å². The van der Waals surface area contributed by atoms with Crippen molar-refractivity contribution >= 4 is 23.6 Å². The van der Waals surface area contributed by atoms with Gasteiger partial charge in [-0.3, -0.25) is 24.5 Å². The molecule has 0 radical (unpaired) electrons. The molecule has 9 nitrogen and oxygen atoms in total. The smallest absolute Gasteiger partial charge is 0.491 e. The van der Waals surface area contributed by atoms with E-state index in [4.69, 9.17) is 4.74 Å². The van der Waals surface area contributed by atoms with Gasteiger partial charge in [0.2, 0.25) is 11.8 Å². The van der Waals surface area contributed by atoms with Crippen LogP contribution in [0, 0.1) is 0 Å². The van der Waals surface area contributed by atoms with Crippen molar-refractivity contribution in [3.05, 3.63) is 59.2 Å². The van der Waals surface area contributed by atoms with E-state index >= 15 is 0 Å². The van der Waals surface area contributed by atoms with E-state index in [1.807, 2.05) is 0 Å². The molecule has 206 valence electrons. The Balaban J connectivity index is 1.27. The summed E-state index contributed by atoms with van der Waals surface area (Å²) >= 11 is 0. The topological polar surface area (TPSA) is 105 Å². The molecule has 2 atom stereocenters. The Kier molecular flexibility index (Phi) is 7.19. The number of hydrogen-bond acceptors (Lipinski definition) is 6. The van der Waals surface area contributed by atoms with Crippen LogP contribution < -0.4 is 14.8 Å². The molecule has 2 saturated heterocycles. The Bertz CT molecular complexity index is 1310. The van der Waals surface area contributed by atoms with E-state index in [9.17, 15) is 32.3 Å². The number of ether oxygens (including phenoxy) is 2. The predicted molar refractivity (Wildman–Crippen MR) is 130 cm³/mol. The number of alkyl halides is 3. The lowest BCUT2D eigenvalue weighted by molar-refractivity contribution is -0.274. The Labute approximate surface area is 221 Å². The maximum absolute atomic E-state index is 13.3. The van der Waals surface area contributed by atoms with E-state index in [1.165, 1.54) is 28.0 Å². The maximum Gasteiger partial charge on any atom is 0.573 e. The lowest BCUT2D eigenvalue weighted by Crippen LogP contribution is -2.52. The van der Waals surface area contributed by atoms with Crippen molar-refractivity contribution in [1.29, 1.82) is 0 Å². The van der Waals surface area contributed by atoms with Crippen molar-refractivity contribution < 1.29 is 41.8 Å². The van der Waals surface area contributed by atoms with Gasteiger partial charge in [-0.25, -0.2) is 0 Å². The van der Waals surface area contributed by atoms with Crippen LogP contribution in [0.15, 0.2) is 42.5 Å². The number of nitrogens with one attached hydrogen (secondary N) is 1. The number of rotatable bonds is 6. The molecule has 1 N–H and O–H groups in total. The Morgan fingerprint density at radius 2 is 1.85 bits per heavy atom. The number of halogens is 3. The van der Waals surface area contributed by atoms with E-state index < -0.39 is 30.0 Å². The highest BCUT2D eigenvalue weighted by atomic mass is 19.4. The molecule has 3 aliphatic rings. The van der Waals surface area contributed by atoms with Crippen LogP contribution in [-0.2, 0) is 16.1 Å². The summed E-state index contributed by atoms with van der Waals surface area (Å²) in [4.78, 5) is 52.9. The highest BCUT2D eigenvalue weighted by molar-refractivity contribution is 6.05. The van der Waals surface area contributed by atoms with Crippen LogP contribution in [0.25, 0.3) is 0 Å². The second kappa shape index (κ2) is 10.6. The Morgan fingerprint density at radius 1 is 1.05 bits per heavy atom. The summed E-state index contributed by atoms with van der Waals surface area (Å²) in [6.07, 6.45) is -2.35. The Morgan fingerprint density at radius 3 is 2.62 bits per heavy atom. The first-order chi connectivity index (χ1) is 18.6. The molecule has 2 fully saturated rings. The minimum atomic E-state index is -4.93. The number of carbonyl (C=O) groups excluding carboxylic acids is 4. The molecule has 3 heterocycles. The van der Waals surface area contributed by atoms with Gasteiger partial charge >= 0.3 is 6.36 Å². The first-order valence-electron chi connectivity index (χ1n) is 12.7. The number of para-hydroxylation sites is 1. The van der Waals surface area contributed by atoms with Crippen molar-refractivity contribution in [2.75, 3.05) is 13.2 Å². The summed E-state index contributed by atoms with van der Waals surface area (Å²) < 4.78 is 48.7. The molecule has 2 aromatic carbocycles. The fourth-order valence-corrected chi connectivity index (χ4v) is 5.29. The van der Waals surface area contributed by atoms with Crippen LogP contribution in [0.1, 0.15) is 58.4 Å². The van der Waals surface area contributed by atoms with Gasteiger partial charge in [0.25, 0.3) is 11.8 Å². The zero-order valence-electron chi connectivity index (χ0n) is 20.8. The van der Waals surface area contributed by atoms with E-state index in [-0.39, 0.29) is 49.4 Å². The van der Waals surface area contributed by atoms with Gasteiger partial charge in [-0.05, 0) is 61.6 Å². The summed E-state index contributed by atoms with van der Waals surface area (Å²) in [5.74, 6) is -1.80. The molecule has 0 bridgehead atoms. The van der Waals surface area contributed by atoms with Crippen molar-refractivity contribution in [1.82, 2.24) is 15.1 Å². The number of likely N-dealkylation sites (tertiary alicyclic amines) is 1. The lowest BCUT2D eigenvalue weighted by Gasteiger charge is -2.36. The van der Waals surface area contributed by atoms with E-state index in [1.54, 1.807) is 18.2 Å². The molecule has 12 heteroatoms. The fourth-order valence-electron chi connectivity index (χ4n) is 5.29. The minimum Gasteiger partial charge on any atom is -0.491 e. The zero-order chi connectivity index (χ0) is 27.7. The fraction of sp³-hybridized carbons (Fsp3) is 0.407. The largest absolute Gasteiger partial charge is 0.573 e. The maximum atomic E-state index is 13.3. The van der Waals surface area contributed by atoms with Crippen LogP contribution in [0.3, 0.4) is 0 Å². The average Bonchev–Trinajstić information content (AvgIpc) is 3.22. The van der Waals surface area contributed by atoms with Gasteiger partial charge in [-0.2, -0.15) is 0 Å². The summed E-state index contributed by atoms with van der Waals surface area (Å²) in [7, 11) is 0. The molecule has 3 aliphatic heterocycles. The molecule has 2 aromatic rings. The SMILES string of the molecule is O=C1CCC(N2Cc3cc(OCC4CCCCN4C(=O)c4ccccc4OC(F)(F)F)ccc3C2=O)C(=O)N1. The third-order valence-electron chi connectivity index (χ3n) is 7.17. The van der Waals surface area contributed by atoms with Crippen LogP contribution in [0.5, 0.6) is 11.5 Å². The van der Waals surface area contributed by atoms with Gasteiger partial charge in [-0.1, -0.05) is 12.1 Å². The zero-order valence-corrected chi connectivity index (χ0v) is 20.8. The monoisotopic (exact) mass is 545 g/mol. The molecule has 2 unspecified atom stereocenters. The third kappa shape index (κ3) is 5.69. The second-order valence-electron chi connectivity index (χ2n) is 9.72. The van der Waals surface area contributed by atoms with E-state index in [0.717, 1.165) is 12.5 Å². The van der Waals surface area contributed by atoms with Gasteiger partial charge in [0, 0.05) is 25.1 Å². The van der Waals surface area contributed by atoms with Gasteiger partial charge in [0.15, 0.2) is 0 Å². The van der Waals surface area contributed by atoms with Gasteiger partial charge < -0.3 is 19.3 Å². The molecule has 0 spiro atoms. The van der Waals surface area contributed by atoms with Gasteiger partial charge in [0.05, 0.1) is 11.6 Å². The number of piperidine rings is 2. The second-order valence-corrected chi connectivity index (χ2v) is 9.72. The highest BCUT2D eigenvalue weighted by Gasteiger charge is 2.39. The summed E-state index contributed by atoms with van der Waals surface area (Å²) in [5, 5.41) is 2.27. The van der Waals surface area contributed by atoms with Crippen LogP contribution >= 0.6 is 0 Å². The number of imide groups is 1. The minimum absolute atomic E-state index is 0.109. The van der Waals surface area contributed by atoms with Crippen molar-refractivity contribution in [2.45, 2.75) is 57.1 Å². The molecule has 0 saturated carbocycles. The quantitative estimate of drug-likeness (QED) is 0.558. The third-order valence-corrected chi connectivity index (χ3v) is 7.17. The van der Waals surface area contributed by atoms with E-state index in [0.29, 0.717) is 36.3 Å². The van der Waals surface area contributed by atoms with Crippen molar-refractivity contribution in [3.63, 3.8) is 0 Å². The number of benzene rings is 2. The number of carbonyl (C=O) groups is 4. The van der Waals surface area contributed by atoms with Crippen LogP contribution in [0.4, 0.5) is 13.2 Å². The number of amides is 4. The summed E-state index contributed by atoms with van der Waals surface area (Å²) in [6, 6.07) is 9.13. The molecular formula is C27H26F3N3O6. The van der Waals surface area contributed by atoms with Crippen molar-refractivity contribution in [3.8, 4) is 11.5 Å². The molecule has 39 heavy (non-hydrogen) atoms. The molecular weight excluding hydrogens is 519 g/mol. The highest BCUT2D eigenvalue weighted by Crippen LogP contribution is 2.32. The number of fused-ring (bicyclic) bond motifs is 1. The first kappa shape index (κ1) is 26.5. The normalized spacial score (nSPS) is 21.5. The lowest BCUT2D eigenvalue weighted by atomic mass is 10.0. The predicted octanol–water partition coefficient (Wildman–Crippen LogP) is 3.42. The molecule has 5 rings (SSSR count). The van der Waals surface area contributed by atoms with Crippen molar-refractivity contribution in [2.24, 2.45) is 0 Å². The van der Waals surface area contributed by atoms with Crippen LogP contribution in [-0.4, -0.2) is 65.0 Å². The van der Waals surface area contributed by atoms with Gasteiger partial charge in [0.1, 0.15) is 24.1 Å². The number of nitrogens with zero attached hydrogens (tertiary/aromatic N) is 2. The Hall–Kier alpha value is -4.09. The number of hydrogen-bond donors (Lipinski definition) is 1. The first-order valence-corrected chi connectivity index (χ1v) is 12.7. The summed E-state index contributed by atoms with van der Waals surface area (Å²) in [5.41, 5.74) is 0.950. The summed E-state index contributed by atoms with van der Waals surface area (Å²) in [6.45, 7) is 0.673. The van der Waals surface area contributed by atoms with E-state index in [2.05, 4.69) is 10.1 Å². The van der Waals surface area contributed by atoms with Gasteiger partial charge in [-0.15, -0.1) is 13.2 Å². The standard InChI is InChI=1S/C27H26F3N3O6/c28-27(29,30)39-22-7-2-1-6-20(22)26(37)32-12-4-3-5-17(32)15-38-18-8-9-19-16(13-18)14-33(25(19)36)21-10-11-23(34)31-24(21)35/h1-2,6-9,13,17,21H,3-5,10-12,14-15H2,(H,31,34,35). The molecule has 4 amide bonds. The molecule has 0 aliphatic carbocycles. The molecule has 0 aromatic heterocycles.